The van der Waals surface area contributed by atoms with Crippen molar-refractivity contribution in [2.75, 3.05) is 7.11 Å². The molecule has 0 aromatic heterocycles. The molecule has 0 spiro atoms. The zero-order valence-corrected chi connectivity index (χ0v) is 18.8. The first-order chi connectivity index (χ1) is 15.2. The highest BCUT2D eigenvalue weighted by molar-refractivity contribution is 6.16. The Morgan fingerprint density at radius 3 is 1.94 bits per heavy atom. The van der Waals surface area contributed by atoms with Crippen LogP contribution in [0.15, 0.2) is 88.8 Å². The summed E-state index contributed by atoms with van der Waals surface area (Å²) in [5, 5.41) is 13.7. The zero-order valence-electron chi connectivity index (χ0n) is 18.8. The van der Waals surface area contributed by atoms with Gasteiger partial charge >= 0.3 is 0 Å². The minimum atomic E-state index is -0.390. The number of nitrogens with one attached hydrogen (secondary N) is 1. The second kappa shape index (κ2) is 12.2. The standard InChI is InChI=1S/C22H19N3O2.2C2H6/c1-27-17-12-13-18(19(26)14-17)22-24-20(15-8-4-2-5-9-15)23-21(25-22)16-10-6-3-7-11-16;2*1-2/h2-14,20,26H,1H3,(H,23,24,25);2*1-2H3. The van der Waals surface area contributed by atoms with E-state index in [1.807, 2.05) is 88.4 Å². The maximum atomic E-state index is 10.4. The van der Waals surface area contributed by atoms with Gasteiger partial charge in [0.05, 0.1) is 12.7 Å². The third-order valence-corrected chi connectivity index (χ3v) is 4.34. The molecule has 0 bridgehead atoms. The maximum Gasteiger partial charge on any atom is 0.169 e. The van der Waals surface area contributed by atoms with Crippen LogP contribution in [0, 0.1) is 0 Å². The lowest BCUT2D eigenvalue weighted by Gasteiger charge is -2.22. The maximum absolute atomic E-state index is 10.4. The third-order valence-electron chi connectivity index (χ3n) is 4.34. The molecule has 4 rings (SSSR count). The van der Waals surface area contributed by atoms with Gasteiger partial charge in [-0.05, 0) is 17.7 Å². The molecule has 1 atom stereocenters. The highest BCUT2D eigenvalue weighted by Gasteiger charge is 2.22. The number of hydrogen-bond donors (Lipinski definition) is 2. The second-order valence-electron chi connectivity index (χ2n) is 6.11. The summed E-state index contributed by atoms with van der Waals surface area (Å²) in [6.45, 7) is 8.00. The van der Waals surface area contributed by atoms with Crippen LogP contribution in [0.25, 0.3) is 0 Å². The van der Waals surface area contributed by atoms with Crippen LogP contribution in [-0.2, 0) is 0 Å². The van der Waals surface area contributed by atoms with Gasteiger partial charge in [-0.25, -0.2) is 9.98 Å². The average Bonchev–Trinajstić information content (AvgIpc) is 2.87. The van der Waals surface area contributed by atoms with Crippen molar-refractivity contribution in [2.24, 2.45) is 9.98 Å². The summed E-state index contributed by atoms with van der Waals surface area (Å²) < 4.78 is 5.17. The topological polar surface area (TPSA) is 66.2 Å². The normalized spacial score (nSPS) is 14.4. The highest BCUT2D eigenvalue weighted by Crippen LogP contribution is 2.28. The summed E-state index contributed by atoms with van der Waals surface area (Å²) in [6, 6.07) is 24.9. The molecule has 1 aliphatic heterocycles. The number of amidine groups is 2. The molecule has 1 unspecified atom stereocenters. The van der Waals surface area contributed by atoms with Crippen molar-refractivity contribution >= 4 is 11.7 Å². The van der Waals surface area contributed by atoms with Gasteiger partial charge in [-0.2, -0.15) is 0 Å². The Morgan fingerprint density at radius 1 is 0.774 bits per heavy atom. The van der Waals surface area contributed by atoms with E-state index in [-0.39, 0.29) is 11.9 Å². The number of phenolic OH excluding ortho intramolecular Hbond substituents is 1. The lowest BCUT2D eigenvalue weighted by atomic mass is 10.1. The molecule has 5 nitrogen and oxygen atoms in total. The Balaban J connectivity index is 0.000000807. The fraction of sp³-hybridized carbons (Fsp3) is 0.231. The number of phenols is 1. The van der Waals surface area contributed by atoms with Crippen molar-refractivity contribution in [2.45, 2.75) is 33.9 Å². The van der Waals surface area contributed by atoms with E-state index in [0.717, 1.165) is 11.1 Å². The number of ether oxygens (including phenoxy) is 1. The van der Waals surface area contributed by atoms with E-state index in [2.05, 4.69) is 5.32 Å². The molecule has 0 aliphatic carbocycles. The Kier molecular flexibility index (Phi) is 9.30. The predicted octanol–water partition coefficient (Wildman–Crippen LogP) is 5.95. The lowest BCUT2D eigenvalue weighted by molar-refractivity contribution is 0.407. The highest BCUT2D eigenvalue weighted by atomic mass is 16.5. The smallest absolute Gasteiger partial charge is 0.169 e. The number of hydrogen-bond acceptors (Lipinski definition) is 5. The van der Waals surface area contributed by atoms with Crippen molar-refractivity contribution in [3.63, 3.8) is 0 Å². The van der Waals surface area contributed by atoms with Crippen molar-refractivity contribution in [1.29, 1.82) is 0 Å². The summed E-state index contributed by atoms with van der Waals surface area (Å²) in [5.41, 5.74) is 2.54. The number of rotatable bonds is 4. The first-order valence-corrected chi connectivity index (χ1v) is 10.6. The van der Waals surface area contributed by atoms with Crippen molar-refractivity contribution < 1.29 is 9.84 Å². The Hall–Kier alpha value is -3.60. The summed E-state index contributed by atoms with van der Waals surface area (Å²) in [5.74, 6) is 1.97. The van der Waals surface area contributed by atoms with Crippen molar-refractivity contribution in [3.8, 4) is 11.5 Å². The summed E-state index contributed by atoms with van der Waals surface area (Å²) >= 11 is 0. The van der Waals surface area contributed by atoms with E-state index in [0.29, 0.717) is 23.0 Å². The SMILES string of the molecule is CC.CC.COc1ccc(C2=NC(c3ccccc3)N=C(c3ccccc3)N2)c(O)c1. The van der Waals surface area contributed by atoms with E-state index in [4.69, 9.17) is 14.7 Å². The van der Waals surface area contributed by atoms with Crippen LogP contribution in [0.2, 0.25) is 0 Å². The van der Waals surface area contributed by atoms with Crippen LogP contribution >= 0.6 is 0 Å². The average molecular weight is 418 g/mol. The van der Waals surface area contributed by atoms with E-state index >= 15 is 0 Å². The van der Waals surface area contributed by atoms with Crippen LogP contribution in [0.5, 0.6) is 11.5 Å². The molecule has 5 heteroatoms. The first-order valence-electron chi connectivity index (χ1n) is 10.6. The Morgan fingerprint density at radius 2 is 1.35 bits per heavy atom. The van der Waals surface area contributed by atoms with Gasteiger partial charge < -0.3 is 15.2 Å². The third kappa shape index (κ3) is 5.95. The van der Waals surface area contributed by atoms with E-state index < -0.39 is 0 Å². The molecule has 162 valence electrons. The van der Waals surface area contributed by atoms with Gasteiger partial charge in [0.25, 0.3) is 0 Å². The summed E-state index contributed by atoms with van der Waals surface area (Å²) in [7, 11) is 1.57. The Bertz CT molecular complexity index is 1000. The quantitative estimate of drug-likeness (QED) is 0.551. The molecule has 0 saturated heterocycles. The number of methoxy groups -OCH3 is 1. The fourth-order valence-electron chi connectivity index (χ4n) is 2.94. The minimum absolute atomic E-state index is 0.0988. The molecule has 1 heterocycles. The molecule has 0 amide bonds. The van der Waals surface area contributed by atoms with Crippen LogP contribution in [0.4, 0.5) is 0 Å². The molecule has 3 aromatic rings. The molecule has 0 radical (unpaired) electrons. The van der Waals surface area contributed by atoms with Gasteiger partial charge in [-0.1, -0.05) is 88.4 Å². The molecular weight excluding hydrogens is 386 g/mol. The minimum Gasteiger partial charge on any atom is -0.507 e. The van der Waals surface area contributed by atoms with Gasteiger partial charge in [-0.15, -0.1) is 0 Å². The van der Waals surface area contributed by atoms with Gasteiger partial charge in [0, 0.05) is 11.6 Å². The lowest BCUT2D eigenvalue weighted by Crippen LogP contribution is -2.36. The van der Waals surface area contributed by atoms with Gasteiger partial charge in [0.2, 0.25) is 0 Å². The Labute approximate surface area is 185 Å². The predicted molar refractivity (Wildman–Crippen MR) is 129 cm³/mol. The summed E-state index contributed by atoms with van der Waals surface area (Å²) in [6.07, 6.45) is -0.390. The van der Waals surface area contributed by atoms with E-state index in [1.165, 1.54) is 0 Å². The number of benzene rings is 3. The van der Waals surface area contributed by atoms with Gasteiger partial charge in [-0.3, -0.25) is 0 Å². The molecule has 0 fully saturated rings. The van der Waals surface area contributed by atoms with Crippen LogP contribution < -0.4 is 10.1 Å². The second-order valence-corrected chi connectivity index (χ2v) is 6.11. The van der Waals surface area contributed by atoms with Gasteiger partial charge in [0.15, 0.2) is 6.17 Å². The largest absolute Gasteiger partial charge is 0.507 e. The fourth-order valence-corrected chi connectivity index (χ4v) is 2.94. The molecule has 3 aromatic carbocycles. The molecule has 1 aliphatic rings. The van der Waals surface area contributed by atoms with E-state index in [9.17, 15) is 5.11 Å². The van der Waals surface area contributed by atoms with Crippen LogP contribution in [0.3, 0.4) is 0 Å². The monoisotopic (exact) mass is 417 g/mol. The van der Waals surface area contributed by atoms with Gasteiger partial charge in [0.1, 0.15) is 23.2 Å². The van der Waals surface area contributed by atoms with Crippen molar-refractivity contribution in [3.05, 3.63) is 95.6 Å². The number of nitrogens with zero attached hydrogens (tertiary/aromatic N) is 2. The zero-order chi connectivity index (χ0) is 22.6. The molecule has 0 saturated carbocycles. The number of aliphatic imine (C=N–C) groups is 2. The van der Waals surface area contributed by atoms with Crippen molar-refractivity contribution in [1.82, 2.24) is 5.32 Å². The van der Waals surface area contributed by atoms with Crippen LogP contribution in [-0.4, -0.2) is 23.9 Å². The first kappa shape index (κ1) is 23.7. The number of aromatic hydroxyl groups is 1. The molecular formula is C26H31N3O2. The molecule has 31 heavy (non-hydrogen) atoms. The molecule has 2 N–H and O–H groups in total. The van der Waals surface area contributed by atoms with Crippen LogP contribution in [0.1, 0.15) is 50.6 Å². The van der Waals surface area contributed by atoms with E-state index in [1.54, 1.807) is 25.3 Å². The summed E-state index contributed by atoms with van der Waals surface area (Å²) in [4.78, 5) is 9.50.